The summed E-state index contributed by atoms with van der Waals surface area (Å²) in [5, 5.41) is 20.6. The Morgan fingerprint density at radius 2 is 2.62 bits per heavy atom. The van der Waals surface area contributed by atoms with Crippen molar-refractivity contribution in [1.82, 2.24) is 9.78 Å². The summed E-state index contributed by atoms with van der Waals surface area (Å²) < 4.78 is 1.48. The largest absolute Gasteiger partial charge is 0.478 e. The van der Waals surface area contributed by atoms with E-state index in [0.29, 0.717) is 12.1 Å². The number of aromatic nitrogens is 2. The van der Waals surface area contributed by atoms with Crippen LogP contribution in [0.25, 0.3) is 0 Å². The number of carboxylic acids is 1. The molecule has 13 heavy (non-hydrogen) atoms. The van der Waals surface area contributed by atoms with Crippen LogP contribution in [-0.2, 0) is 11.3 Å². The average Bonchev–Trinajstić information content (AvgIpc) is 2.52. The first-order chi connectivity index (χ1) is 6.22. The number of carboxylic acid groups (broad SMARTS) is 1. The van der Waals surface area contributed by atoms with Gasteiger partial charge in [0.1, 0.15) is 6.07 Å². The molecule has 1 heterocycles. The molecule has 5 nitrogen and oxygen atoms in total. The van der Waals surface area contributed by atoms with Crippen LogP contribution < -0.4 is 0 Å². The Labute approximate surface area is 74.5 Å². The second-order valence-corrected chi connectivity index (χ2v) is 2.30. The van der Waals surface area contributed by atoms with Crippen molar-refractivity contribution >= 4 is 5.97 Å². The molecule has 0 spiro atoms. The molecule has 0 aliphatic carbocycles. The Morgan fingerprint density at radius 3 is 3.15 bits per heavy atom. The summed E-state index contributed by atoms with van der Waals surface area (Å²) >= 11 is 0. The summed E-state index contributed by atoms with van der Waals surface area (Å²) in [4.78, 5) is 10.1. The molecule has 0 radical (unpaired) electrons. The van der Waals surface area contributed by atoms with Crippen molar-refractivity contribution < 1.29 is 9.90 Å². The first-order valence-corrected chi connectivity index (χ1v) is 3.54. The van der Waals surface area contributed by atoms with Crippen molar-refractivity contribution in [1.29, 1.82) is 5.26 Å². The van der Waals surface area contributed by atoms with E-state index in [1.165, 1.54) is 17.0 Å². The number of hydrogen-bond donors (Lipinski definition) is 1. The van der Waals surface area contributed by atoms with Crippen molar-refractivity contribution in [2.45, 2.75) is 6.54 Å². The van der Waals surface area contributed by atoms with E-state index < -0.39 is 5.97 Å². The number of nitrogens with zero attached hydrogens (tertiary/aromatic N) is 3. The van der Waals surface area contributed by atoms with Gasteiger partial charge in [-0.25, -0.2) is 4.79 Å². The molecule has 1 aromatic rings. The lowest BCUT2D eigenvalue weighted by Gasteiger charge is -1.91. The Morgan fingerprint density at radius 1 is 1.85 bits per heavy atom. The summed E-state index contributed by atoms with van der Waals surface area (Å²) in [7, 11) is 0. The topological polar surface area (TPSA) is 78.9 Å². The van der Waals surface area contributed by atoms with Gasteiger partial charge in [0.25, 0.3) is 0 Å². The standard InChI is InChI=1S/C8H7N3O2/c9-4-7-5-10-11(6-7)3-1-2-8(12)13/h1-2,5-6H,3H2,(H,12,13). The number of nitriles is 1. The first kappa shape index (κ1) is 9.00. The summed E-state index contributed by atoms with van der Waals surface area (Å²) in [6.45, 7) is 0.355. The van der Waals surface area contributed by atoms with Gasteiger partial charge in [0, 0.05) is 12.3 Å². The number of carbonyl (C=O) groups is 1. The highest BCUT2D eigenvalue weighted by molar-refractivity contribution is 5.79. The van der Waals surface area contributed by atoms with Crippen LogP contribution in [-0.4, -0.2) is 20.9 Å². The van der Waals surface area contributed by atoms with Gasteiger partial charge >= 0.3 is 5.97 Å². The molecule has 0 aliphatic rings. The third-order valence-electron chi connectivity index (χ3n) is 1.32. The van der Waals surface area contributed by atoms with Crippen molar-refractivity contribution in [2.24, 2.45) is 0 Å². The molecule has 0 aliphatic heterocycles. The molecular weight excluding hydrogens is 170 g/mol. The highest BCUT2D eigenvalue weighted by Gasteiger charge is 1.94. The van der Waals surface area contributed by atoms with Gasteiger partial charge in [-0.15, -0.1) is 0 Å². The molecular formula is C8H7N3O2. The molecule has 0 aromatic carbocycles. The van der Waals surface area contributed by atoms with Gasteiger partial charge in [-0.3, -0.25) is 4.68 Å². The lowest BCUT2D eigenvalue weighted by molar-refractivity contribution is -0.131. The average molecular weight is 177 g/mol. The Bertz CT molecular complexity index is 373. The number of hydrogen-bond acceptors (Lipinski definition) is 3. The SMILES string of the molecule is N#Cc1cnn(CC=CC(=O)O)c1. The minimum absolute atomic E-state index is 0.355. The zero-order valence-electron chi connectivity index (χ0n) is 6.71. The van der Waals surface area contributed by atoms with E-state index in [2.05, 4.69) is 5.10 Å². The molecule has 1 aromatic heterocycles. The van der Waals surface area contributed by atoms with Crippen LogP contribution >= 0.6 is 0 Å². The van der Waals surface area contributed by atoms with Crippen LogP contribution in [0.15, 0.2) is 24.5 Å². The maximum Gasteiger partial charge on any atom is 0.328 e. The fraction of sp³-hybridized carbons (Fsp3) is 0.125. The van der Waals surface area contributed by atoms with Crippen LogP contribution in [0, 0.1) is 11.3 Å². The maximum absolute atomic E-state index is 10.1. The summed E-state index contributed by atoms with van der Waals surface area (Å²) in [5.41, 5.74) is 0.462. The lowest BCUT2D eigenvalue weighted by Crippen LogP contribution is -1.96. The van der Waals surface area contributed by atoms with Crippen molar-refractivity contribution in [3.8, 4) is 6.07 Å². The van der Waals surface area contributed by atoms with Gasteiger partial charge in [0.15, 0.2) is 0 Å². The normalized spacial score (nSPS) is 10.1. The molecule has 0 atom stereocenters. The van der Waals surface area contributed by atoms with Crippen LogP contribution in [0.5, 0.6) is 0 Å². The molecule has 0 unspecified atom stereocenters. The second-order valence-electron chi connectivity index (χ2n) is 2.30. The molecule has 0 fully saturated rings. The molecule has 5 heteroatoms. The van der Waals surface area contributed by atoms with Crippen molar-refractivity contribution in [3.05, 3.63) is 30.1 Å². The summed E-state index contributed by atoms with van der Waals surface area (Å²) in [6, 6.07) is 1.92. The molecule has 0 saturated carbocycles. The zero-order chi connectivity index (χ0) is 9.68. The van der Waals surface area contributed by atoms with Gasteiger partial charge in [0.2, 0.25) is 0 Å². The molecule has 1 N–H and O–H groups in total. The molecule has 0 bridgehead atoms. The van der Waals surface area contributed by atoms with Gasteiger partial charge < -0.3 is 5.11 Å². The minimum atomic E-state index is -0.993. The molecule has 0 amide bonds. The fourth-order valence-electron chi connectivity index (χ4n) is 0.783. The maximum atomic E-state index is 10.1. The van der Waals surface area contributed by atoms with Crippen molar-refractivity contribution in [2.75, 3.05) is 0 Å². The second kappa shape index (κ2) is 4.07. The van der Waals surface area contributed by atoms with Crippen LogP contribution in [0.1, 0.15) is 5.56 Å². The quantitative estimate of drug-likeness (QED) is 0.677. The zero-order valence-corrected chi connectivity index (χ0v) is 6.71. The minimum Gasteiger partial charge on any atom is -0.478 e. The molecule has 1 rings (SSSR count). The van der Waals surface area contributed by atoms with E-state index in [4.69, 9.17) is 10.4 Å². The van der Waals surface area contributed by atoms with Gasteiger partial charge in [-0.2, -0.15) is 10.4 Å². The Kier molecular flexibility index (Phi) is 2.82. The van der Waals surface area contributed by atoms with E-state index in [1.54, 1.807) is 6.20 Å². The smallest absolute Gasteiger partial charge is 0.328 e. The molecule has 66 valence electrons. The highest BCUT2D eigenvalue weighted by atomic mass is 16.4. The third kappa shape index (κ3) is 2.79. The molecule has 0 saturated heterocycles. The van der Waals surface area contributed by atoms with Crippen LogP contribution in [0.4, 0.5) is 0 Å². The monoisotopic (exact) mass is 177 g/mol. The highest BCUT2D eigenvalue weighted by Crippen LogP contribution is 1.94. The Hall–Kier alpha value is -2.09. The van der Waals surface area contributed by atoms with E-state index >= 15 is 0 Å². The third-order valence-corrected chi connectivity index (χ3v) is 1.32. The van der Waals surface area contributed by atoms with Crippen LogP contribution in [0.3, 0.4) is 0 Å². The van der Waals surface area contributed by atoms with Gasteiger partial charge in [-0.05, 0) is 0 Å². The predicted octanol–water partition coefficient (Wildman–Crippen LogP) is 0.396. The number of allylic oxidation sites excluding steroid dienone is 1. The van der Waals surface area contributed by atoms with Crippen LogP contribution in [0.2, 0.25) is 0 Å². The predicted molar refractivity (Wildman–Crippen MR) is 43.7 cm³/mol. The number of rotatable bonds is 3. The number of aliphatic carboxylic acids is 1. The van der Waals surface area contributed by atoms with E-state index in [0.717, 1.165) is 6.08 Å². The van der Waals surface area contributed by atoms with Gasteiger partial charge in [0.05, 0.1) is 18.3 Å². The summed E-state index contributed by atoms with van der Waals surface area (Å²) in [6.07, 6.45) is 5.46. The van der Waals surface area contributed by atoms with E-state index in [-0.39, 0.29) is 0 Å². The lowest BCUT2D eigenvalue weighted by atomic mass is 10.4. The first-order valence-electron chi connectivity index (χ1n) is 3.54. The van der Waals surface area contributed by atoms with E-state index in [1.807, 2.05) is 6.07 Å². The summed E-state index contributed by atoms with van der Waals surface area (Å²) in [5.74, 6) is -0.993. The van der Waals surface area contributed by atoms with E-state index in [9.17, 15) is 4.79 Å². The fourth-order valence-corrected chi connectivity index (χ4v) is 0.783. The Balaban J connectivity index is 2.56. The van der Waals surface area contributed by atoms with Gasteiger partial charge in [-0.1, -0.05) is 6.08 Å². The van der Waals surface area contributed by atoms with Crippen molar-refractivity contribution in [3.63, 3.8) is 0 Å².